The van der Waals surface area contributed by atoms with Gasteiger partial charge in [-0.15, -0.1) is 5.10 Å². The molecule has 0 saturated heterocycles. The molecule has 0 unspecified atom stereocenters. The molecular weight excluding hydrogens is 218 g/mol. The van der Waals surface area contributed by atoms with Crippen LogP contribution in [-0.4, -0.2) is 45.0 Å². The SMILES string of the molecule is CN(CCC(N)=NO)C(=O)c1csnn1. The van der Waals surface area contributed by atoms with Gasteiger partial charge in [0.05, 0.1) is 0 Å². The van der Waals surface area contributed by atoms with Gasteiger partial charge in [0.1, 0.15) is 5.84 Å². The minimum absolute atomic E-state index is 0.0889. The van der Waals surface area contributed by atoms with E-state index in [1.807, 2.05) is 0 Å². The van der Waals surface area contributed by atoms with Crippen molar-refractivity contribution in [1.29, 1.82) is 0 Å². The minimum atomic E-state index is -0.227. The summed E-state index contributed by atoms with van der Waals surface area (Å²) < 4.78 is 3.59. The smallest absolute Gasteiger partial charge is 0.275 e. The molecule has 0 aliphatic heterocycles. The summed E-state index contributed by atoms with van der Waals surface area (Å²) in [6.07, 6.45) is 0.316. The maximum Gasteiger partial charge on any atom is 0.275 e. The zero-order chi connectivity index (χ0) is 11.3. The second kappa shape index (κ2) is 5.25. The molecule has 1 aromatic rings. The largest absolute Gasteiger partial charge is 0.409 e. The van der Waals surface area contributed by atoms with Crippen molar-refractivity contribution in [3.05, 3.63) is 11.1 Å². The fourth-order valence-corrected chi connectivity index (χ4v) is 1.32. The summed E-state index contributed by atoms with van der Waals surface area (Å²) in [7, 11) is 1.62. The van der Waals surface area contributed by atoms with E-state index in [1.165, 1.54) is 4.90 Å². The summed E-state index contributed by atoms with van der Waals surface area (Å²) in [5.41, 5.74) is 5.58. The maximum absolute atomic E-state index is 11.6. The van der Waals surface area contributed by atoms with Crippen LogP contribution in [0.5, 0.6) is 0 Å². The van der Waals surface area contributed by atoms with Gasteiger partial charge >= 0.3 is 0 Å². The van der Waals surface area contributed by atoms with E-state index in [2.05, 4.69) is 14.7 Å². The molecule has 0 saturated carbocycles. The van der Waals surface area contributed by atoms with Crippen molar-refractivity contribution in [3.8, 4) is 0 Å². The number of carbonyl (C=O) groups excluding carboxylic acids is 1. The molecular formula is C7H11N5O2S. The second-order valence-electron chi connectivity index (χ2n) is 2.86. The first-order valence-electron chi connectivity index (χ1n) is 4.14. The average Bonchev–Trinajstić information content (AvgIpc) is 2.77. The summed E-state index contributed by atoms with van der Waals surface area (Å²) in [6.45, 7) is 0.367. The van der Waals surface area contributed by atoms with E-state index < -0.39 is 0 Å². The highest BCUT2D eigenvalue weighted by Crippen LogP contribution is 2.02. The number of aromatic nitrogens is 2. The van der Waals surface area contributed by atoms with Crippen LogP contribution < -0.4 is 5.73 Å². The number of hydrogen-bond acceptors (Lipinski definition) is 6. The van der Waals surface area contributed by atoms with Gasteiger partial charge in [0.25, 0.3) is 5.91 Å². The van der Waals surface area contributed by atoms with Crippen molar-refractivity contribution in [3.63, 3.8) is 0 Å². The number of amidine groups is 1. The van der Waals surface area contributed by atoms with Gasteiger partial charge in [-0.1, -0.05) is 9.64 Å². The molecule has 7 nitrogen and oxygen atoms in total. The number of carbonyl (C=O) groups is 1. The third kappa shape index (κ3) is 3.17. The van der Waals surface area contributed by atoms with Crippen LogP contribution in [0.2, 0.25) is 0 Å². The molecule has 0 aliphatic rings. The van der Waals surface area contributed by atoms with Crippen molar-refractivity contribution in [2.45, 2.75) is 6.42 Å². The molecule has 0 aliphatic carbocycles. The van der Waals surface area contributed by atoms with Crippen molar-refractivity contribution in [2.24, 2.45) is 10.9 Å². The summed E-state index contributed by atoms with van der Waals surface area (Å²) >= 11 is 1.12. The molecule has 1 amide bonds. The zero-order valence-corrected chi connectivity index (χ0v) is 8.94. The van der Waals surface area contributed by atoms with E-state index in [4.69, 9.17) is 10.9 Å². The first-order valence-corrected chi connectivity index (χ1v) is 4.97. The molecule has 0 aromatic carbocycles. The first kappa shape index (κ1) is 11.4. The lowest BCUT2D eigenvalue weighted by molar-refractivity contribution is 0.0792. The van der Waals surface area contributed by atoms with E-state index in [9.17, 15) is 4.79 Å². The lowest BCUT2D eigenvalue weighted by Gasteiger charge is -2.14. The van der Waals surface area contributed by atoms with Crippen LogP contribution in [0.1, 0.15) is 16.9 Å². The number of rotatable bonds is 4. The molecule has 1 aromatic heterocycles. The lowest BCUT2D eigenvalue weighted by atomic mass is 10.3. The molecule has 0 bridgehead atoms. The van der Waals surface area contributed by atoms with E-state index in [0.717, 1.165) is 11.5 Å². The Kier molecular flexibility index (Phi) is 3.98. The Balaban J connectivity index is 2.48. The Hall–Kier alpha value is -1.70. The van der Waals surface area contributed by atoms with E-state index in [0.29, 0.717) is 18.7 Å². The number of oxime groups is 1. The normalized spacial score (nSPS) is 11.4. The number of amides is 1. The minimum Gasteiger partial charge on any atom is -0.409 e. The van der Waals surface area contributed by atoms with Crippen LogP contribution in [0.25, 0.3) is 0 Å². The molecule has 0 fully saturated rings. The summed E-state index contributed by atoms with van der Waals surface area (Å²) in [5.74, 6) is -0.138. The molecule has 1 rings (SSSR count). The molecule has 0 spiro atoms. The fourth-order valence-electron chi connectivity index (χ4n) is 0.887. The standard InChI is InChI=1S/C7H11N5O2S/c1-12(3-2-6(8)10-14)7(13)5-4-15-11-9-5/h4,14H,2-3H2,1H3,(H2,8,10). The predicted octanol–water partition coefficient (Wildman–Crippen LogP) is -0.253. The monoisotopic (exact) mass is 229 g/mol. The van der Waals surface area contributed by atoms with Crippen LogP contribution in [0.3, 0.4) is 0 Å². The highest BCUT2D eigenvalue weighted by Gasteiger charge is 2.14. The van der Waals surface area contributed by atoms with Crippen LogP contribution >= 0.6 is 11.5 Å². The molecule has 3 N–H and O–H groups in total. The highest BCUT2D eigenvalue weighted by atomic mass is 32.1. The van der Waals surface area contributed by atoms with Gasteiger partial charge in [0, 0.05) is 25.4 Å². The van der Waals surface area contributed by atoms with Crippen LogP contribution in [-0.2, 0) is 0 Å². The van der Waals surface area contributed by atoms with E-state index in [1.54, 1.807) is 12.4 Å². The molecule has 15 heavy (non-hydrogen) atoms. The van der Waals surface area contributed by atoms with Crippen LogP contribution in [0.15, 0.2) is 10.5 Å². The molecule has 1 heterocycles. The Labute approximate surface area is 90.4 Å². The summed E-state index contributed by atoms with van der Waals surface area (Å²) in [5, 5.41) is 16.3. The number of nitrogens with two attached hydrogens (primary N) is 1. The summed E-state index contributed by atoms with van der Waals surface area (Å²) in [4.78, 5) is 13.0. The van der Waals surface area contributed by atoms with E-state index in [-0.39, 0.29) is 11.7 Å². The van der Waals surface area contributed by atoms with Gasteiger partial charge in [0.15, 0.2) is 5.69 Å². The highest BCUT2D eigenvalue weighted by molar-refractivity contribution is 7.03. The quantitative estimate of drug-likeness (QED) is 0.320. The molecule has 8 heteroatoms. The third-order valence-corrected chi connectivity index (χ3v) is 2.26. The fraction of sp³-hybridized carbons (Fsp3) is 0.429. The molecule has 82 valence electrons. The van der Waals surface area contributed by atoms with Gasteiger partial charge < -0.3 is 15.8 Å². The Morgan fingerprint density at radius 3 is 3.07 bits per heavy atom. The Morgan fingerprint density at radius 1 is 1.80 bits per heavy atom. The third-order valence-electron chi connectivity index (χ3n) is 1.76. The molecule has 0 atom stereocenters. The Bertz CT molecular complexity index is 350. The van der Waals surface area contributed by atoms with Gasteiger partial charge in [-0.05, 0) is 11.5 Å². The Morgan fingerprint density at radius 2 is 2.53 bits per heavy atom. The zero-order valence-electron chi connectivity index (χ0n) is 8.12. The van der Waals surface area contributed by atoms with Crippen LogP contribution in [0.4, 0.5) is 0 Å². The summed E-state index contributed by atoms with van der Waals surface area (Å²) in [6, 6.07) is 0. The van der Waals surface area contributed by atoms with Gasteiger partial charge in [0.2, 0.25) is 0 Å². The van der Waals surface area contributed by atoms with Crippen molar-refractivity contribution in [1.82, 2.24) is 14.5 Å². The van der Waals surface area contributed by atoms with Crippen molar-refractivity contribution in [2.75, 3.05) is 13.6 Å². The predicted molar refractivity (Wildman–Crippen MR) is 54.9 cm³/mol. The topological polar surface area (TPSA) is 105 Å². The van der Waals surface area contributed by atoms with Gasteiger partial charge in [-0.25, -0.2) is 0 Å². The van der Waals surface area contributed by atoms with Gasteiger partial charge in [-0.2, -0.15) is 0 Å². The first-order chi connectivity index (χ1) is 7.15. The van der Waals surface area contributed by atoms with Crippen LogP contribution in [0, 0.1) is 0 Å². The molecule has 0 radical (unpaired) electrons. The lowest BCUT2D eigenvalue weighted by Crippen LogP contribution is -2.30. The maximum atomic E-state index is 11.6. The van der Waals surface area contributed by atoms with E-state index >= 15 is 0 Å². The van der Waals surface area contributed by atoms with Crippen molar-refractivity contribution < 1.29 is 10.0 Å². The second-order valence-corrected chi connectivity index (χ2v) is 3.47. The average molecular weight is 229 g/mol. The van der Waals surface area contributed by atoms with Gasteiger partial charge in [-0.3, -0.25) is 4.79 Å². The van der Waals surface area contributed by atoms with Crippen molar-refractivity contribution >= 4 is 23.3 Å². The number of nitrogens with zero attached hydrogens (tertiary/aromatic N) is 4. The number of hydrogen-bond donors (Lipinski definition) is 2.